The van der Waals surface area contributed by atoms with Gasteiger partial charge < -0.3 is 10.2 Å². The summed E-state index contributed by atoms with van der Waals surface area (Å²) < 4.78 is 0. The molecule has 0 heterocycles. The summed E-state index contributed by atoms with van der Waals surface area (Å²) in [6, 6.07) is 0. The first kappa shape index (κ1) is 11.6. The Morgan fingerprint density at radius 3 is 2.05 bits per heavy atom. The minimum absolute atomic E-state index is 0.305. The Labute approximate surface area is 115 Å². The van der Waals surface area contributed by atoms with Crippen molar-refractivity contribution in [3.8, 4) is 0 Å². The molecule has 5 saturated carbocycles. The van der Waals surface area contributed by atoms with Crippen molar-refractivity contribution >= 4 is 0 Å². The van der Waals surface area contributed by atoms with Crippen molar-refractivity contribution in [2.24, 2.45) is 59.2 Å². The van der Waals surface area contributed by atoms with Gasteiger partial charge in [0.2, 0.25) is 0 Å². The van der Waals surface area contributed by atoms with E-state index in [4.69, 9.17) is 0 Å². The molecule has 0 spiro atoms. The van der Waals surface area contributed by atoms with Gasteiger partial charge in [-0.1, -0.05) is 0 Å². The summed E-state index contributed by atoms with van der Waals surface area (Å²) in [5.41, 5.74) is 0. The molecule has 0 radical (unpaired) electrons. The summed E-state index contributed by atoms with van der Waals surface area (Å²) in [5, 5.41) is 19.4. The molecule has 5 aliphatic rings. The van der Waals surface area contributed by atoms with E-state index >= 15 is 0 Å². The molecular weight excluding hydrogens is 236 g/mol. The minimum Gasteiger partial charge on any atom is -0.396 e. The average molecular weight is 262 g/mol. The van der Waals surface area contributed by atoms with Gasteiger partial charge in [-0.2, -0.15) is 0 Å². The number of hydrogen-bond donors (Lipinski definition) is 2. The molecule has 0 aromatic heterocycles. The predicted molar refractivity (Wildman–Crippen MR) is 72.2 cm³/mol. The van der Waals surface area contributed by atoms with Crippen LogP contribution in [-0.4, -0.2) is 23.4 Å². The normalized spacial score (nSPS) is 64.7. The molecule has 0 aromatic rings. The SMILES string of the molecule is OCC1CC2C3CC(C2C1CO)C1C2CCC(C2)C31. The van der Waals surface area contributed by atoms with Crippen LogP contribution < -0.4 is 0 Å². The van der Waals surface area contributed by atoms with Gasteiger partial charge in [0.1, 0.15) is 0 Å². The van der Waals surface area contributed by atoms with Crippen LogP contribution in [0.3, 0.4) is 0 Å². The molecule has 19 heavy (non-hydrogen) atoms. The van der Waals surface area contributed by atoms with Crippen LogP contribution in [0.1, 0.15) is 32.1 Å². The molecule has 0 saturated heterocycles. The standard InChI is InChI=1S/C17H26O2/c18-6-10-4-11-12-5-13(17(11)14(10)7-19)16-9-2-1-8(3-9)15(12)16/h8-19H,1-7H2. The molecule has 5 fully saturated rings. The molecule has 2 nitrogen and oxygen atoms in total. The molecule has 10 atom stereocenters. The predicted octanol–water partition coefficient (Wildman–Crippen LogP) is 2.15. The third-order valence-electron chi connectivity index (χ3n) is 8.24. The van der Waals surface area contributed by atoms with E-state index in [0.29, 0.717) is 25.0 Å². The summed E-state index contributed by atoms with van der Waals surface area (Å²) in [6.45, 7) is 0.626. The van der Waals surface area contributed by atoms with Crippen molar-refractivity contribution in [2.75, 3.05) is 13.2 Å². The fourth-order valence-electron chi connectivity index (χ4n) is 8.04. The van der Waals surface area contributed by atoms with E-state index in [1.165, 1.54) is 32.1 Å². The highest BCUT2D eigenvalue weighted by atomic mass is 16.3. The van der Waals surface area contributed by atoms with Crippen LogP contribution in [-0.2, 0) is 0 Å². The molecule has 4 bridgehead atoms. The molecule has 0 aliphatic heterocycles. The molecule has 5 aliphatic carbocycles. The van der Waals surface area contributed by atoms with E-state index in [9.17, 15) is 10.2 Å². The Bertz CT molecular complexity index is 395. The number of aliphatic hydroxyl groups excluding tert-OH is 2. The lowest BCUT2D eigenvalue weighted by molar-refractivity contribution is 0.0349. The van der Waals surface area contributed by atoms with E-state index < -0.39 is 0 Å². The van der Waals surface area contributed by atoms with E-state index in [1.54, 1.807) is 0 Å². The summed E-state index contributed by atoms with van der Waals surface area (Å²) in [7, 11) is 0. The van der Waals surface area contributed by atoms with E-state index in [0.717, 1.165) is 47.3 Å². The van der Waals surface area contributed by atoms with Gasteiger partial charge in [-0.15, -0.1) is 0 Å². The van der Waals surface area contributed by atoms with Crippen molar-refractivity contribution in [2.45, 2.75) is 32.1 Å². The van der Waals surface area contributed by atoms with E-state index in [1.807, 2.05) is 0 Å². The maximum absolute atomic E-state index is 9.80. The van der Waals surface area contributed by atoms with Crippen LogP contribution in [0.25, 0.3) is 0 Å². The quantitative estimate of drug-likeness (QED) is 0.749. The van der Waals surface area contributed by atoms with Crippen LogP contribution in [0.4, 0.5) is 0 Å². The van der Waals surface area contributed by atoms with Gasteiger partial charge >= 0.3 is 0 Å². The minimum atomic E-state index is 0.305. The van der Waals surface area contributed by atoms with Crippen LogP contribution in [0.15, 0.2) is 0 Å². The lowest BCUT2D eigenvalue weighted by atomic mass is 9.63. The van der Waals surface area contributed by atoms with Crippen LogP contribution in [0.2, 0.25) is 0 Å². The van der Waals surface area contributed by atoms with Gasteiger partial charge in [-0.3, -0.25) is 0 Å². The van der Waals surface area contributed by atoms with Crippen molar-refractivity contribution in [1.82, 2.24) is 0 Å². The largest absolute Gasteiger partial charge is 0.396 e. The van der Waals surface area contributed by atoms with Crippen LogP contribution in [0.5, 0.6) is 0 Å². The van der Waals surface area contributed by atoms with Crippen molar-refractivity contribution in [1.29, 1.82) is 0 Å². The van der Waals surface area contributed by atoms with E-state index in [2.05, 4.69) is 0 Å². The van der Waals surface area contributed by atoms with Gasteiger partial charge in [0.15, 0.2) is 0 Å². The Morgan fingerprint density at radius 1 is 0.684 bits per heavy atom. The first-order valence-electron chi connectivity index (χ1n) is 8.55. The Kier molecular flexibility index (Phi) is 2.29. The zero-order valence-corrected chi connectivity index (χ0v) is 11.6. The molecule has 2 N–H and O–H groups in total. The van der Waals surface area contributed by atoms with Gasteiger partial charge in [0.05, 0.1) is 0 Å². The molecule has 0 amide bonds. The number of fused-ring (bicyclic) bond motifs is 12. The van der Waals surface area contributed by atoms with Gasteiger partial charge in [-0.05, 0) is 91.3 Å². The lowest BCUT2D eigenvalue weighted by Gasteiger charge is -2.42. The lowest BCUT2D eigenvalue weighted by Crippen LogP contribution is -2.38. The molecule has 106 valence electrons. The molecular formula is C17H26O2. The smallest absolute Gasteiger partial charge is 0.0465 e. The summed E-state index contributed by atoms with van der Waals surface area (Å²) in [6.07, 6.45) is 7.24. The molecule has 2 heteroatoms. The van der Waals surface area contributed by atoms with Crippen LogP contribution in [0, 0.1) is 59.2 Å². The fraction of sp³-hybridized carbons (Fsp3) is 1.00. The maximum atomic E-state index is 9.80. The van der Waals surface area contributed by atoms with Gasteiger partial charge in [-0.25, -0.2) is 0 Å². The summed E-state index contributed by atoms with van der Waals surface area (Å²) in [5.74, 6) is 8.54. The van der Waals surface area contributed by atoms with E-state index in [-0.39, 0.29) is 0 Å². The van der Waals surface area contributed by atoms with Gasteiger partial charge in [0.25, 0.3) is 0 Å². The molecule has 0 aromatic carbocycles. The first-order chi connectivity index (χ1) is 9.33. The number of aliphatic hydroxyl groups is 2. The maximum Gasteiger partial charge on any atom is 0.0465 e. The molecule has 10 unspecified atom stereocenters. The highest BCUT2D eigenvalue weighted by molar-refractivity contribution is 5.16. The summed E-state index contributed by atoms with van der Waals surface area (Å²) in [4.78, 5) is 0. The highest BCUT2D eigenvalue weighted by Gasteiger charge is 2.68. The average Bonchev–Trinajstić information content (AvgIpc) is 3.18. The number of rotatable bonds is 2. The molecule has 5 rings (SSSR count). The number of hydrogen-bond acceptors (Lipinski definition) is 2. The second-order valence-corrected chi connectivity index (χ2v) is 8.32. The zero-order chi connectivity index (χ0) is 12.7. The van der Waals surface area contributed by atoms with Gasteiger partial charge in [0, 0.05) is 13.2 Å². The third kappa shape index (κ3) is 1.22. The Morgan fingerprint density at radius 2 is 1.37 bits per heavy atom. The zero-order valence-electron chi connectivity index (χ0n) is 11.6. The summed E-state index contributed by atoms with van der Waals surface area (Å²) >= 11 is 0. The van der Waals surface area contributed by atoms with Crippen molar-refractivity contribution in [3.63, 3.8) is 0 Å². The Hall–Kier alpha value is -0.0800. The topological polar surface area (TPSA) is 40.5 Å². The fourth-order valence-corrected chi connectivity index (χ4v) is 8.04. The monoisotopic (exact) mass is 262 g/mol. The first-order valence-corrected chi connectivity index (χ1v) is 8.55. The van der Waals surface area contributed by atoms with Crippen molar-refractivity contribution in [3.05, 3.63) is 0 Å². The van der Waals surface area contributed by atoms with Crippen LogP contribution >= 0.6 is 0 Å². The second-order valence-electron chi connectivity index (χ2n) is 8.32. The second kappa shape index (κ2) is 3.76. The highest BCUT2D eigenvalue weighted by Crippen LogP contribution is 2.74. The third-order valence-corrected chi connectivity index (χ3v) is 8.24. The Balaban J connectivity index is 1.50. The van der Waals surface area contributed by atoms with Crippen molar-refractivity contribution < 1.29 is 10.2 Å².